The van der Waals surface area contributed by atoms with Gasteiger partial charge >= 0.3 is 6.18 Å². The Kier molecular flexibility index (Phi) is 7.28. The molecule has 0 radical (unpaired) electrons. The van der Waals surface area contributed by atoms with Crippen LogP contribution in [0.15, 0.2) is 55.0 Å². The third kappa shape index (κ3) is 5.40. The van der Waals surface area contributed by atoms with Crippen LogP contribution in [0.3, 0.4) is 0 Å². The summed E-state index contributed by atoms with van der Waals surface area (Å²) in [4.78, 5) is 36.2. The summed E-state index contributed by atoms with van der Waals surface area (Å²) in [6, 6.07) is 10.4. The Morgan fingerprint density at radius 1 is 1.09 bits per heavy atom. The standard InChI is InChI=1S/C30H30F3N7O3/c1-29(15-43-16-29)28(42)39-11-3-4-20(14-39)23-13-22(25-26(34-2)36-17-37-40(23)25)18-5-7-19(8-6-18)27(41)38-24-12-21(9-10-35-24)30(31,32)33/h5-10,12-13,17,20H,3-4,11,14-16H2,1-2H3,(H,34,36,37)(H,35,38,41). The molecule has 3 aromatic heterocycles. The molecule has 6 rings (SSSR count). The normalized spacial score (nSPS) is 18.3. The van der Waals surface area contributed by atoms with E-state index in [-0.39, 0.29) is 23.2 Å². The first-order valence-electron chi connectivity index (χ1n) is 13.9. The van der Waals surface area contributed by atoms with Gasteiger partial charge in [0.1, 0.15) is 17.7 Å². The number of piperidine rings is 1. The van der Waals surface area contributed by atoms with Gasteiger partial charge < -0.3 is 20.3 Å². The van der Waals surface area contributed by atoms with Crippen LogP contribution in [0.4, 0.5) is 24.8 Å². The van der Waals surface area contributed by atoms with E-state index in [0.717, 1.165) is 53.5 Å². The second-order valence-corrected chi connectivity index (χ2v) is 11.2. The SMILES string of the molecule is CNc1ncnn2c(C3CCCN(C(=O)C4(C)COC4)C3)cc(-c3ccc(C(=O)Nc4cc(C(F)(F)F)ccn4)cc3)c12. The number of aromatic nitrogens is 4. The number of nitrogens with zero attached hydrogens (tertiary/aromatic N) is 5. The molecule has 2 fully saturated rings. The van der Waals surface area contributed by atoms with Gasteiger partial charge in [0.2, 0.25) is 5.91 Å². The van der Waals surface area contributed by atoms with Crippen LogP contribution in [0.2, 0.25) is 0 Å². The third-order valence-electron chi connectivity index (χ3n) is 8.09. The van der Waals surface area contributed by atoms with Crippen LogP contribution < -0.4 is 10.6 Å². The largest absolute Gasteiger partial charge is 0.416 e. The molecule has 10 nitrogen and oxygen atoms in total. The Morgan fingerprint density at radius 2 is 1.86 bits per heavy atom. The summed E-state index contributed by atoms with van der Waals surface area (Å²) in [5, 5.41) is 10.1. The highest BCUT2D eigenvalue weighted by Crippen LogP contribution is 2.38. The maximum atomic E-state index is 13.2. The molecule has 2 aliphatic rings. The molecule has 2 amide bonds. The predicted molar refractivity (Wildman–Crippen MR) is 153 cm³/mol. The van der Waals surface area contributed by atoms with E-state index in [9.17, 15) is 22.8 Å². The minimum absolute atomic E-state index is 0.0492. The molecule has 1 atom stereocenters. The lowest BCUT2D eigenvalue weighted by atomic mass is 9.85. The number of amides is 2. The Balaban J connectivity index is 1.28. The van der Waals surface area contributed by atoms with Crippen LogP contribution in [0.5, 0.6) is 0 Å². The summed E-state index contributed by atoms with van der Waals surface area (Å²) >= 11 is 0. The summed E-state index contributed by atoms with van der Waals surface area (Å²) in [7, 11) is 1.77. The van der Waals surface area contributed by atoms with E-state index in [4.69, 9.17) is 4.74 Å². The number of ether oxygens (including phenoxy) is 1. The van der Waals surface area contributed by atoms with E-state index >= 15 is 0 Å². The number of carbonyl (C=O) groups excluding carboxylic acids is 2. The topological polar surface area (TPSA) is 114 Å². The van der Waals surface area contributed by atoms with E-state index < -0.39 is 23.1 Å². The highest BCUT2D eigenvalue weighted by Gasteiger charge is 2.44. The molecule has 4 aromatic rings. The van der Waals surface area contributed by atoms with Crippen molar-refractivity contribution in [1.82, 2.24) is 24.5 Å². The maximum absolute atomic E-state index is 13.2. The highest BCUT2D eigenvalue weighted by atomic mass is 19.4. The average Bonchev–Trinajstić information content (AvgIpc) is 3.39. The van der Waals surface area contributed by atoms with Gasteiger partial charge in [0.05, 0.1) is 24.2 Å². The van der Waals surface area contributed by atoms with Crippen LogP contribution in [-0.4, -0.2) is 69.6 Å². The molecule has 0 saturated carbocycles. The zero-order valence-electron chi connectivity index (χ0n) is 23.6. The molecular weight excluding hydrogens is 563 g/mol. The van der Waals surface area contributed by atoms with E-state index in [1.807, 2.05) is 16.3 Å². The van der Waals surface area contributed by atoms with Crippen molar-refractivity contribution in [2.24, 2.45) is 5.41 Å². The van der Waals surface area contributed by atoms with Crippen molar-refractivity contribution in [3.05, 3.63) is 71.8 Å². The monoisotopic (exact) mass is 593 g/mol. The number of alkyl halides is 3. The van der Waals surface area contributed by atoms with Gasteiger partial charge in [0.25, 0.3) is 5.91 Å². The van der Waals surface area contributed by atoms with Crippen molar-refractivity contribution < 1.29 is 27.5 Å². The number of halogens is 3. The molecule has 43 heavy (non-hydrogen) atoms. The number of likely N-dealkylation sites (tertiary alicyclic amines) is 1. The van der Waals surface area contributed by atoms with Gasteiger partial charge in [-0.2, -0.15) is 18.3 Å². The van der Waals surface area contributed by atoms with Crippen molar-refractivity contribution in [2.75, 3.05) is 44.0 Å². The molecule has 0 bridgehead atoms. The zero-order valence-corrected chi connectivity index (χ0v) is 23.6. The number of pyridine rings is 1. The first-order chi connectivity index (χ1) is 20.6. The fraction of sp³-hybridized carbons (Fsp3) is 0.367. The molecule has 0 spiro atoms. The first kappa shape index (κ1) is 28.6. The van der Waals surface area contributed by atoms with Crippen molar-refractivity contribution in [2.45, 2.75) is 31.9 Å². The van der Waals surface area contributed by atoms with E-state index in [0.29, 0.717) is 32.1 Å². The van der Waals surface area contributed by atoms with Gasteiger partial charge in [-0.3, -0.25) is 9.59 Å². The Bertz CT molecular complexity index is 1680. The van der Waals surface area contributed by atoms with Crippen molar-refractivity contribution in [1.29, 1.82) is 0 Å². The molecule has 13 heteroatoms. The number of anilines is 2. The summed E-state index contributed by atoms with van der Waals surface area (Å²) in [6.45, 7) is 4.10. The fourth-order valence-electron chi connectivity index (χ4n) is 5.74. The van der Waals surface area contributed by atoms with Crippen molar-refractivity contribution in [3.8, 4) is 11.1 Å². The van der Waals surface area contributed by atoms with Gasteiger partial charge in [0, 0.05) is 49.1 Å². The molecule has 1 aromatic carbocycles. The fourth-order valence-corrected chi connectivity index (χ4v) is 5.74. The van der Waals surface area contributed by atoms with E-state index in [1.165, 1.54) is 6.33 Å². The zero-order chi connectivity index (χ0) is 30.4. The van der Waals surface area contributed by atoms with E-state index in [1.54, 1.807) is 31.3 Å². The van der Waals surface area contributed by atoms with Gasteiger partial charge in [-0.15, -0.1) is 0 Å². The molecule has 2 aliphatic heterocycles. The maximum Gasteiger partial charge on any atom is 0.416 e. The third-order valence-corrected chi connectivity index (χ3v) is 8.09. The number of fused-ring (bicyclic) bond motifs is 1. The number of nitrogens with one attached hydrogen (secondary N) is 2. The number of hydrogen-bond donors (Lipinski definition) is 2. The number of benzene rings is 1. The van der Waals surface area contributed by atoms with Crippen LogP contribution in [-0.2, 0) is 15.7 Å². The van der Waals surface area contributed by atoms with Crippen molar-refractivity contribution >= 4 is 29.0 Å². The smallest absolute Gasteiger partial charge is 0.379 e. The van der Waals surface area contributed by atoms with Crippen molar-refractivity contribution in [3.63, 3.8) is 0 Å². The second kappa shape index (κ2) is 11.0. The lowest BCUT2D eigenvalue weighted by Crippen LogP contribution is -2.55. The molecule has 0 aliphatic carbocycles. The summed E-state index contributed by atoms with van der Waals surface area (Å²) in [5.74, 6) is 0.00758. The second-order valence-electron chi connectivity index (χ2n) is 11.2. The molecule has 224 valence electrons. The quantitative estimate of drug-likeness (QED) is 0.329. The Labute approximate surface area is 245 Å². The Hall–Kier alpha value is -4.52. The molecule has 2 N–H and O–H groups in total. The predicted octanol–water partition coefficient (Wildman–Crippen LogP) is 4.85. The summed E-state index contributed by atoms with van der Waals surface area (Å²) in [6.07, 6.45) is -0.301. The average molecular weight is 594 g/mol. The lowest BCUT2D eigenvalue weighted by Gasteiger charge is -2.43. The van der Waals surface area contributed by atoms with E-state index in [2.05, 4.69) is 31.8 Å². The minimum Gasteiger partial charge on any atom is -0.379 e. The molecule has 2 saturated heterocycles. The number of carbonyl (C=O) groups is 2. The van der Waals surface area contributed by atoms with Crippen LogP contribution >= 0.6 is 0 Å². The van der Waals surface area contributed by atoms with Gasteiger partial charge in [-0.1, -0.05) is 12.1 Å². The van der Waals surface area contributed by atoms with Gasteiger partial charge in [-0.25, -0.2) is 14.5 Å². The van der Waals surface area contributed by atoms with Crippen LogP contribution in [0, 0.1) is 5.41 Å². The minimum atomic E-state index is -4.55. The number of rotatable bonds is 6. The Morgan fingerprint density at radius 3 is 2.53 bits per heavy atom. The van der Waals surface area contributed by atoms with Gasteiger partial charge in [0.15, 0.2) is 5.82 Å². The molecule has 1 unspecified atom stereocenters. The van der Waals surface area contributed by atoms with Gasteiger partial charge in [-0.05, 0) is 55.7 Å². The summed E-state index contributed by atoms with van der Waals surface area (Å²) in [5.41, 5.74) is 2.24. The first-order valence-corrected chi connectivity index (χ1v) is 13.9. The lowest BCUT2D eigenvalue weighted by molar-refractivity contribution is -0.169. The van der Waals surface area contributed by atoms with Crippen LogP contribution in [0.25, 0.3) is 16.6 Å². The molecule has 5 heterocycles. The molecular formula is C30H30F3N7O3. The van der Waals surface area contributed by atoms with Crippen LogP contribution in [0.1, 0.15) is 47.3 Å². The highest BCUT2D eigenvalue weighted by molar-refractivity contribution is 6.04. The number of hydrogen-bond acceptors (Lipinski definition) is 7. The summed E-state index contributed by atoms with van der Waals surface area (Å²) < 4.78 is 46.4.